The molecule has 2 aliphatic rings. The van der Waals surface area contributed by atoms with E-state index in [1.54, 1.807) is 19.2 Å². The van der Waals surface area contributed by atoms with E-state index in [0.29, 0.717) is 11.1 Å². The van der Waals surface area contributed by atoms with E-state index in [9.17, 15) is 4.39 Å². The number of methoxy groups -OCH3 is 1. The molecule has 0 radical (unpaired) electrons. The van der Waals surface area contributed by atoms with Crippen LogP contribution in [-0.4, -0.2) is 28.1 Å². The number of nitrogens with one attached hydrogen (secondary N) is 1. The van der Waals surface area contributed by atoms with Crippen molar-refractivity contribution in [2.75, 3.05) is 18.7 Å². The van der Waals surface area contributed by atoms with E-state index >= 15 is 0 Å². The van der Waals surface area contributed by atoms with Crippen LogP contribution in [0.25, 0.3) is 5.70 Å². The zero-order valence-electron chi connectivity index (χ0n) is 18.5. The van der Waals surface area contributed by atoms with Crippen LogP contribution in [0.1, 0.15) is 28.8 Å². The van der Waals surface area contributed by atoms with Crippen LogP contribution in [0.4, 0.5) is 10.3 Å². The quantitative estimate of drug-likeness (QED) is 0.384. The van der Waals surface area contributed by atoms with E-state index in [4.69, 9.17) is 14.6 Å². The van der Waals surface area contributed by atoms with Gasteiger partial charge in [0.2, 0.25) is 11.1 Å². The van der Waals surface area contributed by atoms with Gasteiger partial charge in [0.15, 0.2) is 0 Å². The molecule has 6 nitrogen and oxygen atoms in total. The van der Waals surface area contributed by atoms with Gasteiger partial charge in [-0.3, -0.25) is 0 Å². The molecule has 0 bridgehead atoms. The highest BCUT2D eigenvalue weighted by atomic mass is 32.2. The summed E-state index contributed by atoms with van der Waals surface area (Å²) in [6.07, 6.45) is 1.55. The first-order valence-corrected chi connectivity index (χ1v) is 12.1. The first kappa shape index (κ1) is 20.8. The van der Waals surface area contributed by atoms with E-state index in [2.05, 4.69) is 10.3 Å². The Bertz CT molecular complexity index is 1400. The van der Waals surface area contributed by atoms with Crippen molar-refractivity contribution in [3.8, 4) is 11.5 Å². The molecule has 3 aromatic carbocycles. The van der Waals surface area contributed by atoms with Gasteiger partial charge in [-0.2, -0.15) is 4.98 Å². The predicted octanol–water partition coefficient (Wildman–Crippen LogP) is 5.71. The molecule has 0 amide bonds. The molecule has 1 N–H and O–H groups in total. The van der Waals surface area contributed by atoms with Gasteiger partial charge in [0, 0.05) is 11.1 Å². The minimum Gasteiger partial charge on any atom is -0.497 e. The van der Waals surface area contributed by atoms with Gasteiger partial charge >= 0.3 is 0 Å². The summed E-state index contributed by atoms with van der Waals surface area (Å²) in [5.41, 5.74) is 4.75. The number of hydrogen-bond donors (Lipinski definition) is 1. The summed E-state index contributed by atoms with van der Waals surface area (Å²) in [6.45, 7) is 0. The van der Waals surface area contributed by atoms with Crippen molar-refractivity contribution in [2.45, 2.75) is 17.3 Å². The number of para-hydroxylation sites is 1. The Balaban J connectivity index is 1.60. The molecule has 0 fully saturated rings. The predicted molar refractivity (Wildman–Crippen MR) is 130 cm³/mol. The highest BCUT2D eigenvalue weighted by molar-refractivity contribution is 7.98. The number of halogens is 1. The number of fused-ring (bicyclic) bond motifs is 3. The monoisotopic (exact) mass is 472 g/mol. The molecule has 2 aliphatic heterocycles. The number of hydrogen-bond acceptors (Lipinski definition) is 6. The minimum atomic E-state index is -0.395. The van der Waals surface area contributed by atoms with Crippen LogP contribution in [-0.2, 0) is 0 Å². The number of anilines is 1. The Morgan fingerprint density at radius 3 is 2.47 bits per heavy atom. The zero-order valence-corrected chi connectivity index (χ0v) is 19.3. The van der Waals surface area contributed by atoms with Crippen molar-refractivity contribution >= 4 is 23.4 Å². The Morgan fingerprint density at radius 1 is 1.00 bits per heavy atom. The average Bonchev–Trinajstić information content (AvgIpc) is 3.30. The summed E-state index contributed by atoms with van der Waals surface area (Å²) in [6, 6.07) is 22.0. The Labute approximate surface area is 200 Å². The maximum atomic E-state index is 13.9. The lowest BCUT2D eigenvalue weighted by molar-refractivity contribution is 0.222. The molecule has 170 valence electrons. The molecular formula is C26H21FN4O2S. The van der Waals surface area contributed by atoms with Crippen molar-refractivity contribution in [1.82, 2.24) is 14.8 Å². The van der Waals surface area contributed by atoms with Crippen molar-refractivity contribution in [3.05, 3.63) is 101 Å². The molecule has 4 aromatic rings. The summed E-state index contributed by atoms with van der Waals surface area (Å²) in [5.74, 6) is 1.91. The lowest BCUT2D eigenvalue weighted by atomic mass is 9.84. The van der Waals surface area contributed by atoms with Crippen LogP contribution in [0.15, 0.2) is 83.5 Å². The standard InChI is InChI=1S/C26H21FN4O2S/c1-32-18-13-9-16(10-14-18)24-21-22(19-5-3-4-6-20(19)33-24)28-25-29-26(34-2)30-31(25)23(21)15-7-11-17(27)12-8-15/h3-14,23-24H,1-2H3,(H,28,29,30)/t23-,24+/m0/s1. The van der Waals surface area contributed by atoms with Crippen molar-refractivity contribution < 1.29 is 13.9 Å². The van der Waals surface area contributed by atoms with Crippen molar-refractivity contribution in [2.24, 2.45) is 0 Å². The van der Waals surface area contributed by atoms with Crippen LogP contribution >= 0.6 is 11.8 Å². The molecule has 0 aliphatic carbocycles. The van der Waals surface area contributed by atoms with Gasteiger partial charge in [0.25, 0.3) is 0 Å². The highest BCUT2D eigenvalue weighted by Gasteiger charge is 2.41. The van der Waals surface area contributed by atoms with Gasteiger partial charge in [-0.15, -0.1) is 5.10 Å². The molecule has 0 spiro atoms. The van der Waals surface area contributed by atoms with Gasteiger partial charge in [-0.1, -0.05) is 48.2 Å². The topological polar surface area (TPSA) is 61.2 Å². The van der Waals surface area contributed by atoms with Gasteiger partial charge in [0.1, 0.15) is 29.5 Å². The Hall–Kier alpha value is -3.78. The number of aromatic nitrogens is 3. The third kappa shape index (κ3) is 3.33. The van der Waals surface area contributed by atoms with E-state index in [1.807, 2.05) is 59.5 Å². The first-order chi connectivity index (χ1) is 16.7. The second-order valence-corrected chi connectivity index (χ2v) is 8.82. The SMILES string of the molecule is COc1ccc([C@H]2Oc3ccccc3C3=C2[C@H](c2ccc(F)cc2)n2nc(SC)nc2N3)cc1. The van der Waals surface area contributed by atoms with E-state index in [-0.39, 0.29) is 11.9 Å². The second kappa shape index (κ2) is 8.22. The molecule has 8 heteroatoms. The molecule has 0 unspecified atom stereocenters. The van der Waals surface area contributed by atoms with Gasteiger partial charge in [-0.25, -0.2) is 9.07 Å². The third-order valence-electron chi connectivity index (χ3n) is 6.15. The van der Waals surface area contributed by atoms with Crippen molar-refractivity contribution in [3.63, 3.8) is 0 Å². The fraction of sp³-hybridized carbons (Fsp3) is 0.154. The normalized spacial score (nSPS) is 18.3. The molecular weight excluding hydrogens is 451 g/mol. The fourth-order valence-corrected chi connectivity index (χ4v) is 4.91. The van der Waals surface area contributed by atoms with Crippen LogP contribution in [0.2, 0.25) is 0 Å². The maximum absolute atomic E-state index is 13.9. The Morgan fingerprint density at radius 2 is 1.74 bits per heavy atom. The lowest BCUT2D eigenvalue weighted by Gasteiger charge is -2.38. The van der Waals surface area contributed by atoms with Crippen LogP contribution in [0.5, 0.6) is 11.5 Å². The number of nitrogens with zero attached hydrogens (tertiary/aromatic N) is 3. The lowest BCUT2D eigenvalue weighted by Crippen LogP contribution is -2.32. The van der Waals surface area contributed by atoms with E-state index in [1.165, 1.54) is 23.9 Å². The molecule has 2 atom stereocenters. The summed E-state index contributed by atoms with van der Waals surface area (Å²) in [4.78, 5) is 4.69. The second-order valence-electron chi connectivity index (χ2n) is 8.04. The molecule has 1 aromatic heterocycles. The van der Waals surface area contributed by atoms with Crippen LogP contribution in [0.3, 0.4) is 0 Å². The summed E-state index contributed by atoms with van der Waals surface area (Å²) >= 11 is 1.48. The first-order valence-electron chi connectivity index (χ1n) is 10.8. The number of ether oxygens (including phenoxy) is 2. The molecule has 34 heavy (non-hydrogen) atoms. The van der Waals surface area contributed by atoms with E-state index < -0.39 is 6.10 Å². The fourth-order valence-electron chi connectivity index (χ4n) is 4.56. The summed E-state index contributed by atoms with van der Waals surface area (Å²) < 4.78 is 27.7. The van der Waals surface area contributed by atoms with Gasteiger partial charge in [0.05, 0.1) is 12.8 Å². The van der Waals surface area contributed by atoms with Gasteiger partial charge < -0.3 is 14.8 Å². The summed E-state index contributed by atoms with van der Waals surface area (Å²) in [7, 11) is 1.65. The maximum Gasteiger partial charge on any atom is 0.227 e. The molecule has 0 saturated carbocycles. The van der Waals surface area contributed by atoms with E-state index in [0.717, 1.165) is 39.5 Å². The molecule has 0 saturated heterocycles. The smallest absolute Gasteiger partial charge is 0.227 e. The van der Waals surface area contributed by atoms with Gasteiger partial charge in [-0.05, 0) is 53.8 Å². The largest absolute Gasteiger partial charge is 0.497 e. The molecule has 3 heterocycles. The zero-order chi connectivity index (χ0) is 23.2. The summed E-state index contributed by atoms with van der Waals surface area (Å²) in [5, 5.41) is 8.93. The van der Waals surface area contributed by atoms with Crippen molar-refractivity contribution in [1.29, 1.82) is 0 Å². The number of benzene rings is 3. The average molecular weight is 473 g/mol. The third-order valence-corrected chi connectivity index (χ3v) is 6.69. The van der Waals surface area contributed by atoms with Crippen LogP contribution < -0.4 is 14.8 Å². The Kier molecular flexibility index (Phi) is 5.03. The number of rotatable bonds is 4. The highest BCUT2D eigenvalue weighted by Crippen LogP contribution is 2.50. The molecule has 6 rings (SSSR count). The number of thioether (sulfide) groups is 1. The minimum absolute atomic E-state index is 0.285. The van der Waals surface area contributed by atoms with Crippen LogP contribution in [0, 0.1) is 5.82 Å².